The van der Waals surface area contributed by atoms with Crippen LogP contribution < -0.4 is 15.5 Å². The third-order valence-electron chi connectivity index (χ3n) is 10.1. The molecule has 4 aliphatic rings. The lowest BCUT2D eigenvalue weighted by molar-refractivity contribution is -0.136. The van der Waals surface area contributed by atoms with Gasteiger partial charge in [0.1, 0.15) is 6.04 Å². The lowest BCUT2D eigenvalue weighted by atomic mass is 9.83. The highest BCUT2D eigenvalue weighted by Gasteiger charge is 2.41. The molecule has 2 aromatic carbocycles. The zero-order valence-electron chi connectivity index (χ0n) is 26.2. The molecule has 1 atom stereocenters. The Kier molecular flexibility index (Phi) is 8.20. The number of piperidine rings is 3. The normalized spacial score (nSPS) is 22.1. The number of aliphatic hydroxyl groups is 1. The van der Waals surface area contributed by atoms with Gasteiger partial charge in [0.25, 0.3) is 5.91 Å². The van der Waals surface area contributed by atoms with Gasteiger partial charge in [-0.25, -0.2) is 9.97 Å². The van der Waals surface area contributed by atoms with Crippen molar-refractivity contribution in [1.29, 1.82) is 0 Å². The minimum absolute atomic E-state index is 0.196. The van der Waals surface area contributed by atoms with E-state index in [4.69, 9.17) is 0 Å². The van der Waals surface area contributed by atoms with E-state index >= 15 is 0 Å². The van der Waals surface area contributed by atoms with Gasteiger partial charge < -0.3 is 20.2 Å². The van der Waals surface area contributed by atoms with E-state index in [1.54, 1.807) is 11.0 Å². The first-order valence-electron chi connectivity index (χ1n) is 16.4. The van der Waals surface area contributed by atoms with Gasteiger partial charge in [0, 0.05) is 75.4 Å². The lowest BCUT2D eigenvalue weighted by Crippen LogP contribution is -2.52. The molecule has 0 aliphatic carbocycles. The molecule has 3 saturated heterocycles. The Balaban J connectivity index is 0.903. The number of nitrogens with one attached hydrogen (secondary N) is 2. The number of benzene rings is 2. The lowest BCUT2D eigenvalue weighted by Gasteiger charge is -2.39. The maximum Gasteiger partial charge on any atom is 0.255 e. The number of fused-ring (bicyclic) bond motifs is 1. The highest BCUT2D eigenvalue weighted by molar-refractivity contribution is 6.05. The summed E-state index contributed by atoms with van der Waals surface area (Å²) in [6, 6.07) is 14.2. The number of nitrogens with zero attached hydrogens (tertiary/aromatic N) is 5. The number of hydrogen-bond acceptors (Lipinski definition) is 9. The van der Waals surface area contributed by atoms with Crippen molar-refractivity contribution in [3.05, 3.63) is 82.7 Å². The van der Waals surface area contributed by atoms with Crippen molar-refractivity contribution in [2.45, 2.75) is 76.2 Å². The van der Waals surface area contributed by atoms with Gasteiger partial charge in [-0.1, -0.05) is 24.3 Å². The molecule has 0 radical (unpaired) electrons. The van der Waals surface area contributed by atoms with Crippen LogP contribution in [0.4, 0.5) is 11.6 Å². The molecular formula is C35H41N7O4. The van der Waals surface area contributed by atoms with Crippen LogP contribution in [0.5, 0.6) is 0 Å². The van der Waals surface area contributed by atoms with Crippen LogP contribution in [0.1, 0.15) is 71.1 Å². The number of rotatable bonds is 7. The maximum absolute atomic E-state index is 13.1. The molecule has 0 saturated carbocycles. The van der Waals surface area contributed by atoms with Crippen molar-refractivity contribution in [2.24, 2.45) is 0 Å². The van der Waals surface area contributed by atoms with Gasteiger partial charge in [-0.05, 0) is 79.5 Å². The van der Waals surface area contributed by atoms with Crippen molar-refractivity contribution < 1.29 is 19.5 Å². The summed E-state index contributed by atoms with van der Waals surface area (Å²) in [5.74, 6) is -0.209. The third-order valence-corrected chi connectivity index (χ3v) is 10.1. The molecule has 11 nitrogen and oxygen atoms in total. The Labute approximate surface area is 269 Å². The van der Waals surface area contributed by atoms with Crippen molar-refractivity contribution in [3.63, 3.8) is 0 Å². The van der Waals surface area contributed by atoms with Gasteiger partial charge in [-0.15, -0.1) is 0 Å². The first-order chi connectivity index (χ1) is 22.2. The fourth-order valence-corrected chi connectivity index (χ4v) is 7.24. The maximum atomic E-state index is 13.1. The molecule has 1 aromatic heterocycles. The fourth-order valence-electron chi connectivity index (χ4n) is 7.24. The number of aryl methyl sites for hydroxylation is 1. The Morgan fingerprint density at radius 3 is 2.37 bits per heavy atom. The van der Waals surface area contributed by atoms with Crippen molar-refractivity contribution in [3.8, 4) is 0 Å². The number of aromatic nitrogens is 2. The number of hydrogen-bond donors (Lipinski definition) is 3. The number of likely N-dealkylation sites (tertiary alicyclic amines) is 1. The summed E-state index contributed by atoms with van der Waals surface area (Å²) < 4.78 is 0. The Morgan fingerprint density at radius 1 is 0.957 bits per heavy atom. The van der Waals surface area contributed by atoms with Crippen LogP contribution in [0.25, 0.3) is 0 Å². The summed E-state index contributed by atoms with van der Waals surface area (Å²) >= 11 is 0. The summed E-state index contributed by atoms with van der Waals surface area (Å²) in [5, 5.41) is 17.5. The average molecular weight is 624 g/mol. The zero-order chi connectivity index (χ0) is 31.8. The summed E-state index contributed by atoms with van der Waals surface area (Å²) in [6.45, 7) is 6.63. The monoisotopic (exact) mass is 623 g/mol. The summed E-state index contributed by atoms with van der Waals surface area (Å²) in [6.07, 6.45) is 7.52. The molecule has 7 rings (SSSR count). The molecular weight excluding hydrogens is 582 g/mol. The van der Waals surface area contributed by atoms with Gasteiger partial charge in [-0.2, -0.15) is 0 Å². The number of carbonyl (C=O) groups excluding carboxylic acids is 3. The van der Waals surface area contributed by atoms with Crippen LogP contribution >= 0.6 is 0 Å². The summed E-state index contributed by atoms with van der Waals surface area (Å²) in [4.78, 5) is 52.2. The Hall–Kier alpha value is -4.35. The zero-order valence-corrected chi connectivity index (χ0v) is 26.2. The minimum atomic E-state index is -0.965. The van der Waals surface area contributed by atoms with E-state index < -0.39 is 17.6 Å². The summed E-state index contributed by atoms with van der Waals surface area (Å²) in [5.41, 5.74) is 4.80. The molecule has 3 aromatic rings. The minimum Gasteiger partial charge on any atom is -0.385 e. The molecule has 5 heterocycles. The van der Waals surface area contributed by atoms with E-state index in [9.17, 15) is 19.5 Å². The van der Waals surface area contributed by atoms with Gasteiger partial charge in [0.05, 0.1) is 5.60 Å². The van der Waals surface area contributed by atoms with Crippen molar-refractivity contribution in [1.82, 2.24) is 25.1 Å². The van der Waals surface area contributed by atoms with Crippen LogP contribution in [-0.4, -0.2) is 80.9 Å². The predicted octanol–water partition coefficient (Wildman–Crippen LogP) is 3.11. The van der Waals surface area contributed by atoms with Crippen LogP contribution in [0.2, 0.25) is 0 Å². The van der Waals surface area contributed by atoms with Gasteiger partial charge in [0.2, 0.25) is 17.8 Å². The van der Waals surface area contributed by atoms with E-state index in [2.05, 4.69) is 54.7 Å². The number of imide groups is 1. The highest BCUT2D eigenvalue weighted by atomic mass is 16.3. The molecule has 0 bridgehead atoms. The Morgan fingerprint density at radius 2 is 1.67 bits per heavy atom. The van der Waals surface area contributed by atoms with Gasteiger partial charge >= 0.3 is 0 Å². The molecule has 3 fully saturated rings. The number of amides is 3. The Bertz CT molecular complexity index is 1610. The molecule has 11 heteroatoms. The first-order valence-corrected chi connectivity index (χ1v) is 16.4. The van der Waals surface area contributed by atoms with E-state index in [-0.39, 0.29) is 18.2 Å². The van der Waals surface area contributed by atoms with Crippen LogP contribution in [0.3, 0.4) is 0 Å². The SMILES string of the molecule is Cc1cnc(NC2CCN(c3ccc(CN4CCC(O)(c5ccc6c(c5)CN(C5CCC(=O)NC5=O)C6=O)CC4)cc3)CC2)nc1. The second-order valence-electron chi connectivity index (χ2n) is 13.2. The van der Waals surface area contributed by atoms with Crippen LogP contribution in [0, 0.1) is 6.92 Å². The van der Waals surface area contributed by atoms with Crippen molar-refractivity contribution >= 4 is 29.4 Å². The highest BCUT2D eigenvalue weighted by Crippen LogP contribution is 2.37. The smallest absolute Gasteiger partial charge is 0.255 e. The van der Waals surface area contributed by atoms with E-state index in [1.807, 2.05) is 31.5 Å². The number of carbonyl (C=O) groups is 3. The van der Waals surface area contributed by atoms with Gasteiger partial charge in [0.15, 0.2) is 0 Å². The van der Waals surface area contributed by atoms with Gasteiger partial charge in [-0.3, -0.25) is 24.6 Å². The predicted molar refractivity (Wildman–Crippen MR) is 173 cm³/mol. The standard InChI is InChI=1S/C35H41N7O4/c1-23-19-36-34(37-20-23)38-27-10-14-41(15-11-27)28-5-2-24(3-6-28)21-40-16-12-35(46,13-17-40)26-4-7-29-25(18-26)22-42(33(29)45)30-8-9-31(43)39-32(30)44/h2-7,18-20,27,30,46H,8-17,21-22H2,1H3,(H,36,37,38)(H,39,43,44). The fraction of sp³-hybridized carbons (Fsp3) is 0.457. The molecule has 4 aliphatic heterocycles. The second-order valence-corrected chi connectivity index (χ2v) is 13.2. The molecule has 46 heavy (non-hydrogen) atoms. The van der Waals surface area contributed by atoms with Crippen LogP contribution in [0.15, 0.2) is 54.9 Å². The largest absolute Gasteiger partial charge is 0.385 e. The number of anilines is 2. The second kappa shape index (κ2) is 12.4. The molecule has 0 spiro atoms. The molecule has 3 N–H and O–H groups in total. The third kappa shape index (κ3) is 6.21. The topological polar surface area (TPSA) is 131 Å². The molecule has 1 unspecified atom stereocenters. The summed E-state index contributed by atoms with van der Waals surface area (Å²) in [7, 11) is 0. The first kappa shape index (κ1) is 30.3. The van der Waals surface area contributed by atoms with E-state index in [0.29, 0.717) is 43.4 Å². The van der Waals surface area contributed by atoms with E-state index in [0.717, 1.165) is 62.3 Å². The average Bonchev–Trinajstić information content (AvgIpc) is 3.39. The quantitative estimate of drug-likeness (QED) is 0.340. The van der Waals surface area contributed by atoms with Crippen molar-refractivity contribution in [2.75, 3.05) is 36.4 Å². The molecule has 240 valence electrons. The molecule has 3 amide bonds. The van der Waals surface area contributed by atoms with Crippen LogP contribution in [-0.2, 0) is 28.3 Å². The van der Waals surface area contributed by atoms with E-state index in [1.165, 1.54) is 11.3 Å².